The third-order valence-electron chi connectivity index (χ3n) is 2.99. The van der Waals surface area contributed by atoms with E-state index in [1.54, 1.807) is 24.5 Å². The Morgan fingerprint density at radius 2 is 2.05 bits per heavy atom. The predicted molar refractivity (Wildman–Crippen MR) is 85.0 cm³/mol. The molecule has 1 aromatic carbocycles. The van der Waals surface area contributed by atoms with Gasteiger partial charge >= 0.3 is 0 Å². The average molecular weight is 306 g/mol. The molecule has 0 unspecified atom stereocenters. The van der Waals surface area contributed by atoms with Gasteiger partial charge in [0.15, 0.2) is 5.96 Å². The van der Waals surface area contributed by atoms with Gasteiger partial charge in [-0.15, -0.1) is 11.3 Å². The number of nitrogens with zero attached hydrogens (tertiary/aromatic N) is 2. The van der Waals surface area contributed by atoms with Crippen molar-refractivity contribution >= 4 is 17.3 Å². The molecule has 21 heavy (non-hydrogen) atoms. The van der Waals surface area contributed by atoms with Crippen molar-refractivity contribution in [1.82, 2.24) is 15.6 Å². The summed E-state index contributed by atoms with van der Waals surface area (Å²) in [6, 6.07) is 6.52. The second-order valence-corrected chi connectivity index (χ2v) is 5.94. The SMILES string of the molecule is CN=C(NCc1cccc(F)c1)NCc1sc(C)nc1C. The molecule has 112 valence electrons. The number of thiazole rings is 1. The maximum absolute atomic E-state index is 13.1. The molecule has 1 heterocycles. The van der Waals surface area contributed by atoms with Gasteiger partial charge in [-0.3, -0.25) is 4.99 Å². The second kappa shape index (κ2) is 7.17. The Morgan fingerprint density at radius 3 is 2.67 bits per heavy atom. The first-order valence-electron chi connectivity index (χ1n) is 6.70. The molecule has 2 N–H and O–H groups in total. The van der Waals surface area contributed by atoms with E-state index in [-0.39, 0.29) is 5.82 Å². The fourth-order valence-corrected chi connectivity index (χ4v) is 2.83. The van der Waals surface area contributed by atoms with Crippen LogP contribution in [0.1, 0.15) is 21.1 Å². The van der Waals surface area contributed by atoms with E-state index < -0.39 is 0 Å². The van der Waals surface area contributed by atoms with E-state index in [0.29, 0.717) is 19.0 Å². The van der Waals surface area contributed by atoms with Crippen LogP contribution in [0.5, 0.6) is 0 Å². The second-order valence-electron chi connectivity index (χ2n) is 4.65. The molecule has 0 spiro atoms. The van der Waals surface area contributed by atoms with E-state index in [1.807, 2.05) is 19.9 Å². The van der Waals surface area contributed by atoms with Gasteiger partial charge in [-0.2, -0.15) is 0 Å². The molecule has 1 aromatic heterocycles. The van der Waals surface area contributed by atoms with Crippen LogP contribution in [0, 0.1) is 19.7 Å². The zero-order chi connectivity index (χ0) is 15.2. The number of aliphatic imine (C=N–C) groups is 1. The first kappa shape index (κ1) is 15.4. The highest BCUT2D eigenvalue weighted by Gasteiger charge is 2.06. The summed E-state index contributed by atoms with van der Waals surface area (Å²) in [6.07, 6.45) is 0. The minimum Gasteiger partial charge on any atom is -0.352 e. The summed E-state index contributed by atoms with van der Waals surface area (Å²) in [6.45, 7) is 5.21. The van der Waals surface area contributed by atoms with Crippen LogP contribution >= 0.6 is 11.3 Å². The molecule has 4 nitrogen and oxygen atoms in total. The van der Waals surface area contributed by atoms with E-state index >= 15 is 0 Å². The normalized spacial score (nSPS) is 11.5. The molecule has 0 amide bonds. The van der Waals surface area contributed by atoms with Crippen molar-refractivity contribution < 1.29 is 4.39 Å². The van der Waals surface area contributed by atoms with E-state index in [0.717, 1.165) is 16.3 Å². The largest absolute Gasteiger partial charge is 0.352 e. The van der Waals surface area contributed by atoms with Crippen LogP contribution in [0.4, 0.5) is 4.39 Å². The number of hydrogen-bond donors (Lipinski definition) is 2. The van der Waals surface area contributed by atoms with Crippen LogP contribution < -0.4 is 10.6 Å². The van der Waals surface area contributed by atoms with Gasteiger partial charge in [0.05, 0.1) is 17.2 Å². The van der Waals surface area contributed by atoms with Crippen LogP contribution in [0.2, 0.25) is 0 Å². The van der Waals surface area contributed by atoms with Gasteiger partial charge in [-0.25, -0.2) is 9.37 Å². The summed E-state index contributed by atoms with van der Waals surface area (Å²) in [4.78, 5) is 9.75. The van der Waals surface area contributed by atoms with Crippen LogP contribution in [0.15, 0.2) is 29.3 Å². The van der Waals surface area contributed by atoms with Gasteiger partial charge in [0.25, 0.3) is 0 Å². The first-order chi connectivity index (χ1) is 10.1. The van der Waals surface area contributed by atoms with Gasteiger partial charge in [-0.1, -0.05) is 12.1 Å². The smallest absolute Gasteiger partial charge is 0.191 e. The number of aromatic nitrogens is 1. The highest BCUT2D eigenvalue weighted by molar-refractivity contribution is 7.11. The van der Waals surface area contributed by atoms with Crippen molar-refractivity contribution in [3.8, 4) is 0 Å². The lowest BCUT2D eigenvalue weighted by Crippen LogP contribution is -2.36. The summed E-state index contributed by atoms with van der Waals surface area (Å²) >= 11 is 1.68. The lowest BCUT2D eigenvalue weighted by atomic mass is 10.2. The van der Waals surface area contributed by atoms with Gasteiger partial charge in [0.1, 0.15) is 5.82 Å². The number of hydrogen-bond acceptors (Lipinski definition) is 3. The molecular weight excluding hydrogens is 287 g/mol. The lowest BCUT2D eigenvalue weighted by molar-refractivity contribution is 0.624. The van der Waals surface area contributed by atoms with Crippen LogP contribution in [-0.2, 0) is 13.1 Å². The van der Waals surface area contributed by atoms with Crippen molar-refractivity contribution in [3.05, 3.63) is 51.2 Å². The van der Waals surface area contributed by atoms with Crippen LogP contribution in [-0.4, -0.2) is 18.0 Å². The Hall–Kier alpha value is -1.95. The number of nitrogens with one attached hydrogen (secondary N) is 2. The molecule has 0 atom stereocenters. The molecule has 0 radical (unpaired) electrons. The summed E-state index contributed by atoms with van der Waals surface area (Å²) in [5.41, 5.74) is 1.92. The monoisotopic (exact) mass is 306 g/mol. The zero-order valence-corrected chi connectivity index (χ0v) is 13.2. The Balaban J connectivity index is 1.88. The molecule has 0 aliphatic carbocycles. The molecule has 2 rings (SSSR count). The van der Waals surface area contributed by atoms with E-state index in [1.165, 1.54) is 17.0 Å². The molecule has 0 aliphatic heterocycles. The number of halogens is 1. The predicted octanol–water partition coefficient (Wildman–Crippen LogP) is 2.76. The van der Waals surface area contributed by atoms with Gasteiger partial charge in [0.2, 0.25) is 0 Å². The average Bonchev–Trinajstić information content (AvgIpc) is 2.77. The van der Waals surface area contributed by atoms with E-state index in [9.17, 15) is 4.39 Å². The first-order valence-corrected chi connectivity index (χ1v) is 7.52. The van der Waals surface area contributed by atoms with Crippen LogP contribution in [0.25, 0.3) is 0 Å². The fraction of sp³-hybridized carbons (Fsp3) is 0.333. The van der Waals surface area contributed by atoms with Crippen molar-refractivity contribution in [1.29, 1.82) is 0 Å². The van der Waals surface area contributed by atoms with Gasteiger partial charge in [-0.05, 0) is 31.5 Å². The Morgan fingerprint density at radius 1 is 1.29 bits per heavy atom. The molecule has 0 bridgehead atoms. The number of guanidine groups is 1. The summed E-state index contributed by atoms with van der Waals surface area (Å²) in [5, 5.41) is 7.47. The van der Waals surface area contributed by atoms with Crippen molar-refractivity contribution in [2.75, 3.05) is 7.05 Å². The molecule has 0 aliphatic rings. The Bertz CT molecular complexity index is 636. The third kappa shape index (κ3) is 4.53. The molecule has 0 saturated carbocycles. The number of aryl methyl sites for hydroxylation is 2. The molecule has 2 aromatic rings. The summed E-state index contributed by atoms with van der Waals surface area (Å²) in [7, 11) is 1.71. The third-order valence-corrected chi connectivity index (χ3v) is 4.06. The van der Waals surface area contributed by atoms with Gasteiger partial charge < -0.3 is 10.6 Å². The lowest BCUT2D eigenvalue weighted by Gasteiger charge is -2.11. The maximum Gasteiger partial charge on any atom is 0.191 e. The minimum atomic E-state index is -0.229. The van der Waals surface area contributed by atoms with Crippen molar-refractivity contribution in [2.24, 2.45) is 4.99 Å². The zero-order valence-electron chi connectivity index (χ0n) is 12.4. The van der Waals surface area contributed by atoms with E-state index in [2.05, 4.69) is 20.6 Å². The fourth-order valence-electron chi connectivity index (χ4n) is 1.95. The standard InChI is InChI=1S/C15H19FN4S/c1-10-14(21-11(2)20-10)9-19-15(17-3)18-8-12-5-4-6-13(16)7-12/h4-7H,8-9H2,1-3H3,(H2,17,18,19). The quantitative estimate of drug-likeness (QED) is 0.674. The molecule has 6 heteroatoms. The van der Waals surface area contributed by atoms with Crippen molar-refractivity contribution in [3.63, 3.8) is 0 Å². The van der Waals surface area contributed by atoms with Crippen LogP contribution in [0.3, 0.4) is 0 Å². The molecule has 0 fully saturated rings. The maximum atomic E-state index is 13.1. The topological polar surface area (TPSA) is 49.3 Å². The Labute approximate surface area is 128 Å². The highest BCUT2D eigenvalue weighted by Crippen LogP contribution is 2.16. The Kier molecular flexibility index (Phi) is 5.27. The molecule has 0 saturated heterocycles. The molecular formula is C15H19FN4S. The van der Waals surface area contributed by atoms with Gasteiger partial charge in [0, 0.05) is 18.5 Å². The van der Waals surface area contributed by atoms with E-state index in [4.69, 9.17) is 0 Å². The summed E-state index contributed by atoms with van der Waals surface area (Å²) < 4.78 is 13.1. The van der Waals surface area contributed by atoms with Crippen molar-refractivity contribution in [2.45, 2.75) is 26.9 Å². The highest BCUT2D eigenvalue weighted by atomic mass is 32.1. The number of rotatable bonds is 4. The summed E-state index contributed by atoms with van der Waals surface area (Å²) in [5.74, 6) is 0.456. The minimum absolute atomic E-state index is 0.229. The number of benzene rings is 1.